The molecule has 0 bridgehead atoms. The van der Waals surface area contributed by atoms with Crippen LogP contribution in [0.4, 0.5) is 5.69 Å². The van der Waals surface area contributed by atoms with Crippen LogP contribution in [0.3, 0.4) is 0 Å². The Kier molecular flexibility index (Phi) is 3.71. The number of anilines is 1. The molecule has 0 saturated carbocycles. The van der Waals surface area contributed by atoms with E-state index in [-0.39, 0.29) is 23.5 Å². The van der Waals surface area contributed by atoms with Gasteiger partial charge in [0.05, 0.1) is 6.54 Å². The lowest BCUT2D eigenvalue weighted by atomic mass is 10.1. The van der Waals surface area contributed by atoms with E-state index in [1.807, 2.05) is 32.0 Å². The first-order valence-corrected chi connectivity index (χ1v) is 7.82. The smallest absolute Gasteiger partial charge is 0.242 e. The van der Waals surface area contributed by atoms with Crippen LogP contribution in [0.1, 0.15) is 17.5 Å². The van der Waals surface area contributed by atoms with Gasteiger partial charge in [-0.1, -0.05) is 29.5 Å². The zero-order valence-electron chi connectivity index (χ0n) is 12.0. The maximum atomic E-state index is 12.1. The zero-order valence-corrected chi connectivity index (χ0v) is 12.9. The highest BCUT2D eigenvalue weighted by atomic mass is 32.2. The molecule has 2 heterocycles. The van der Waals surface area contributed by atoms with Gasteiger partial charge in [-0.15, -0.1) is 0 Å². The molecule has 2 amide bonds. The van der Waals surface area contributed by atoms with Gasteiger partial charge in [0.2, 0.25) is 11.8 Å². The molecular formula is C15H17N3O2S. The van der Waals surface area contributed by atoms with E-state index in [1.54, 1.807) is 4.90 Å². The van der Waals surface area contributed by atoms with Crippen molar-refractivity contribution in [2.45, 2.75) is 25.5 Å². The Labute approximate surface area is 127 Å². The van der Waals surface area contributed by atoms with Crippen LogP contribution in [-0.4, -0.2) is 40.2 Å². The Morgan fingerprint density at radius 1 is 1.48 bits per heavy atom. The summed E-state index contributed by atoms with van der Waals surface area (Å²) >= 11 is 1.40. The third-order valence-electron chi connectivity index (χ3n) is 3.62. The topological polar surface area (TPSA) is 61.8 Å². The maximum Gasteiger partial charge on any atom is 0.242 e. The molecule has 6 heteroatoms. The summed E-state index contributed by atoms with van der Waals surface area (Å²) in [5, 5.41) is 3.32. The van der Waals surface area contributed by atoms with Crippen molar-refractivity contribution >= 4 is 34.4 Å². The summed E-state index contributed by atoms with van der Waals surface area (Å²) in [7, 11) is 0. The van der Waals surface area contributed by atoms with Crippen LogP contribution >= 0.6 is 11.8 Å². The molecule has 0 spiro atoms. The number of carbonyl (C=O) groups excluding carboxylic acids is 2. The number of fused-ring (bicyclic) bond motifs is 1. The van der Waals surface area contributed by atoms with Gasteiger partial charge in [0.15, 0.2) is 5.17 Å². The summed E-state index contributed by atoms with van der Waals surface area (Å²) < 4.78 is 0. The Morgan fingerprint density at radius 2 is 2.29 bits per heavy atom. The van der Waals surface area contributed by atoms with Crippen LogP contribution in [0.25, 0.3) is 0 Å². The minimum Gasteiger partial charge on any atom is -0.326 e. The molecule has 1 aromatic rings. The molecular weight excluding hydrogens is 286 g/mol. The summed E-state index contributed by atoms with van der Waals surface area (Å²) in [4.78, 5) is 30.2. The summed E-state index contributed by atoms with van der Waals surface area (Å²) in [5.74, 6) is -0.124. The largest absolute Gasteiger partial charge is 0.326 e. The minimum atomic E-state index is -0.338. The molecule has 0 radical (unpaired) electrons. The van der Waals surface area contributed by atoms with Gasteiger partial charge in [-0.05, 0) is 25.5 Å². The third kappa shape index (κ3) is 2.81. The predicted molar refractivity (Wildman–Crippen MR) is 84.6 cm³/mol. The van der Waals surface area contributed by atoms with Crippen LogP contribution in [-0.2, 0) is 9.59 Å². The molecule has 0 aromatic heterocycles. The Balaban J connectivity index is 1.63. The van der Waals surface area contributed by atoms with Gasteiger partial charge in [0, 0.05) is 18.7 Å². The van der Waals surface area contributed by atoms with Gasteiger partial charge in [0.25, 0.3) is 0 Å². The predicted octanol–water partition coefficient (Wildman–Crippen LogP) is 1.95. The summed E-state index contributed by atoms with van der Waals surface area (Å²) in [6, 6.07) is 5.88. The molecule has 110 valence electrons. The number of benzene rings is 1. The van der Waals surface area contributed by atoms with E-state index in [1.165, 1.54) is 11.8 Å². The van der Waals surface area contributed by atoms with Crippen molar-refractivity contribution in [2.24, 2.45) is 4.99 Å². The van der Waals surface area contributed by atoms with Gasteiger partial charge in [0.1, 0.15) is 5.25 Å². The number of hydrogen-bond acceptors (Lipinski definition) is 4. The first-order chi connectivity index (χ1) is 10.0. The third-order valence-corrected chi connectivity index (χ3v) is 4.83. The maximum absolute atomic E-state index is 12.1. The van der Waals surface area contributed by atoms with E-state index in [4.69, 9.17) is 0 Å². The fourth-order valence-electron chi connectivity index (χ4n) is 2.54. The van der Waals surface area contributed by atoms with E-state index < -0.39 is 0 Å². The average molecular weight is 303 g/mol. The quantitative estimate of drug-likeness (QED) is 0.928. The van der Waals surface area contributed by atoms with Crippen molar-refractivity contribution < 1.29 is 9.59 Å². The standard InChI is InChI=1S/C15H17N3O2S/c1-9-3-4-11(10(2)7-9)17-13(19)8-12-14(20)18-6-5-16-15(18)21-12/h3-4,7,12H,5-6,8H2,1-2H3,(H,17,19). The number of nitrogens with one attached hydrogen (secondary N) is 1. The second-order valence-corrected chi connectivity index (χ2v) is 6.50. The SMILES string of the molecule is Cc1ccc(NC(=O)CC2SC3=NCCN3C2=O)c(C)c1. The number of amidine groups is 1. The fourth-order valence-corrected chi connectivity index (χ4v) is 3.73. The number of thioether (sulfide) groups is 1. The number of nitrogens with zero attached hydrogens (tertiary/aromatic N) is 2. The first kappa shape index (κ1) is 14.1. The molecule has 3 rings (SSSR count). The number of aryl methyl sites for hydroxylation is 2. The fraction of sp³-hybridized carbons (Fsp3) is 0.400. The molecule has 1 atom stereocenters. The lowest BCUT2D eigenvalue weighted by Crippen LogP contribution is -2.32. The van der Waals surface area contributed by atoms with Crippen LogP contribution in [0.5, 0.6) is 0 Å². The van der Waals surface area contributed by atoms with Crippen molar-refractivity contribution in [1.82, 2.24) is 4.90 Å². The molecule has 1 unspecified atom stereocenters. The zero-order chi connectivity index (χ0) is 15.0. The summed E-state index contributed by atoms with van der Waals surface area (Å²) in [6.45, 7) is 5.30. The average Bonchev–Trinajstić information content (AvgIpc) is 2.98. The first-order valence-electron chi connectivity index (χ1n) is 6.94. The molecule has 1 N–H and O–H groups in total. The molecule has 21 heavy (non-hydrogen) atoms. The lowest BCUT2D eigenvalue weighted by Gasteiger charge is -2.12. The number of hydrogen-bond donors (Lipinski definition) is 1. The van der Waals surface area contributed by atoms with Crippen molar-refractivity contribution in [3.8, 4) is 0 Å². The number of aliphatic imine (C=N–C) groups is 1. The number of amides is 2. The number of rotatable bonds is 3. The second kappa shape index (κ2) is 5.52. The number of carbonyl (C=O) groups is 2. The van der Waals surface area contributed by atoms with Gasteiger partial charge >= 0.3 is 0 Å². The molecule has 1 fully saturated rings. The molecule has 5 nitrogen and oxygen atoms in total. The van der Waals surface area contributed by atoms with Crippen LogP contribution in [0.2, 0.25) is 0 Å². The highest BCUT2D eigenvalue weighted by Gasteiger charge is 2.40. The van der Waals surface area contributed by atoms with Gasteiger partial charge in [-0.25, -0.2) is 0 Å². The lowest BCUT2D eigenvalue weighted by molar-refractivity contribution is -0.127. The van der Waals surface area contributed by atoms with E-state index in [2.05, 4.69) is 10.3 Å². The monoisotopic (exact) mass is 303 g/mol. The van der Waals surface area contributed by atoms with Crippen LogP contribution in [0.15, 0.2) is 23.2 Å². The van der Waals surface area contributed by atoms with Crippen molar-refractivity contribution in [3.63, 3.8) is 0 Å². The van der Waals surface area contributed by atoms with Crippen molar-refractivity contribution in [2.75, 3.05) is 18.4 Å². The molecule has 2 aliphatic heterocycles. The van der Waals surface area contributed by atoms with E-state index in [0.29, 0.717) is 13.1 Å². The minimum absolute atomic E-state index is 0.00651. The normalized spacial score (nSPS) is 20.5. The summed E-state index contributed by atoms with van der Waals surface area (Å²) in [6.07, 6.45) is 0.187. The Morgan fingerprint density at radius 3 is 3.00 bits per heavy atom. The van der Waals surface area contributed by atoms with Crippen molar-refractivity contribution in [3.05, 3.63) is 29.3 Å². The highest BCUT2D eigenvalue weighted by Crippen LogP contribution is 2.31. The van der Waals surface area contributed by atoms with E-state index >= 15 is 0 Å². The molecule has 0 aliphatic carbocycles. The van der Waals surface area contributed by atoms with E-state index in [9.17, 15) is 9.59 Å². The van der Waals surface area contributed by atoms with Gasteiger partial charge in [-0.3, -0.25) is 19.5 Å². The van der Waals surface area contributed by atoms with Crippen LogP contribution < -0.4 is 5.32 Å². The second-order valence-electron chi connectivity index (χ2n) is 5.33. The van der Waals surface area contributed by atoms with Crippen molar-refractivity contribution in [1.29, 1.82) is 0 Å². The van der Waals surface area contributed by atoms with Crippen LogP contribution in [0, 0.1) is 13.8 Å². The molecule has 1 aromatic carbocycles. The molecule has 2 aliphatic rings. The van der Waals surface area contributed by atoms with Gasteiger partial charge in [-0.2, -0.15) is 0 Å². The van der Waals surface area contributed by atoms with Gasteiger partial charge < -0.3 is 5.32 Å². The highest BCUT2D eigenvalue weighted by molar-refractivity contribution is 8.15. The summed E-state index contributed by atoms with van der Waals surface area (Å²) in [5.41, 5.74) is 2.99. The Bertz CT molecular complexity index is 642. The van der Waals surface area contributed by atoms with E-state index in [0.717, 1.165) is 22.0 Å². The molecule has 1 saturated heterocycles. The Hall–Kier alpha value is -1.82.